The van der Waals surface area contributed by atoms with Gasteiger partial charge in [-0.3, -0.25) is 0 Å². The zero-order chi connectivity index (χ0) is 18.1. The molecule has 2 aromatic rings. The highest BCUT2D eigenvalue weighted by Crippen LogP contribution is 2.35. The fourth-order valence-corrected chi connectivity index (χ4v) is 2.15. The minimum absolute atomic E-state index is 0.0830. The summed E-state index contributed by atoms with van der Waals surface area (Å²) in [5.74, 6) is -2.45. The molecular weight excluding hydrogens is 332 g/mol. The molecule has 0 saturated heterocycles. The first-order valence-electron chi connectivity index (χ1n) is 6.85. The number of ether oxygens (including phenoxy) is 2. The Morgan fingerprint density at radius 3 is 2.50 bits per heavy atom. The summed E-state index contributed by atoms with van der Waals surface area (Å²) in [5.41, 5.74) is -1.53. The Balaban J connectivity index is 2.57. The lowest BCUT2D eigenvalue weighted by molar-refractivity contribution is -0.140. The molecule has 1 heterocycles. The number of halogens is 4. The third-order valence-corrected chi connectivity index (χ3v) is 3.20. The maximum absolute atomic E-state index is 14.6. The van der Waals surface area contributed by atoms with Gasteiger partial charge in [0.1, 0.15) is 11.4 Å². The zero-order valence-electron chi connectivity index (χ0n) is 13.1. The Morgan fingerprint density at radius 1 is 1.33 bits per heavy atom. The van der Waals surface area contributed by atoms with Crippen molar-refractivity contribution in [2.75, 3.05) is 13.7 Å². The molecule has 0 N–H and O–H groups in total. The molecule has 0 radical (unpaired) electrons. The van der Waals surface area contributed by atoms with E-state index < -0.39 is 29.4 Å². The van der Waals surface area contributed by atoms with Crippen LogP contribution in [-0.4, -0.2) is 29.2 Å². The molecule has 0 aliphatic rings. The van der Waals surface area contributed by atoms with E-state index in [9.17, 15) is 22.4 Å². The van der Waals surface area contributed by atoms with Gasteiger partial charge in [-0.2, -0.15) is 13.2 Å². The van der Waals surface area contributed by atoms with Crippen molar-refractivity contribution in [3.63, 3.8) is 0 Å². The van der Waals surface area contributed by atoms with Crippen molar-refractivity contribution in [3.05, 3.63) is 35.4 Å². The first kappa shape index (κ1) is 17.8. The molecule has 0 amide bonds. The quantitative estimate of drug-likeness (QED) is 0.629. The second-order valence-corrected chi connectivity index (χ2v) is 4.79. The van der Waals surface area contributed by atoms with Crippen molar-refractivity contribution in [2.24, 2.45) is 7.05 Å². The van der Waals surface area contributed by atoms with Crippen LogP contribution in [0.15, 0.2) is 18.3 Å². The van der Waals surface area contributed by atoms with Crippen molar-refractivity contribution in [2.45, 2.75) is 13.1 Å². The lowest BCUT2D eigenvalue weighted by Gasteiger charge is -2.12. The number of esters is 1. The van der Waals surface area contributed by atoms with Crippen LogP contribution in [0.1, 0.15) is 23.0 Å². The molecule has 0 atom stereocenters. The lowest BCUT2D eigenvalue weighted by atomic mass is 10.1. The molecule has 0 aliphatic carbocycles. The van der Waals surface area contributed by atoms with Crippen LogP contribution < -0.4 is 4.74 Å². The topological polar surface area (TPSA) is 53.3 Å². The normalized spacial score (nSPS) is 11.5. The standard InChI is InChI=1S/C15H14F4N2O3/c1-4-24-14(22)9-6-5-8(11(16)12(9)23-3)13-20-10(7-21(13)2)15(17,18)19/h5-7H,4H2,1-3H3. The summed E-state index contributed by atoms with van der Waals surface area (Å²) in [7, 11) is 2.45. The molecule has 130 valence electrons. The smallest absolute Gasteiger partial charge is 0.434 e. The van der Waals surface area contributed by atoms with Gasteiger partial charge in [0.2, 0.25) is 0 Å². The Hall–Kier alpha value is -2.58. The number of carbonyl (C=O) groups excluding carboxylic acids is 1. The number of aromatic nitrogens is 2. The molecule has 9 heteroatoms. The number of nitrogens with zero attached hydrogens (tertiary/aromatic N) is 2. The van der Waals surface area contributed by atoms with E-state index in [-0.39, 0.29) is 23.6 Å². The van der Waals surface area contributed by atoms with Crippen LogP contribution in [0, 0.1) is 5.82 Å². The Morgan fingerprint density at radius 2 is 2.00 bits per heavy atom. The molecule has 0 spiro atoms. The Kier molecular flexibility index (Phi) is 4.81. The van der Waals surface area contributed by atoms with Gasteiger partial charge < -0.3 is 14.0 Å². The molecule has 5 nitrogen and oxygen atoms in total. The van der Waals surface area contributed by atoms with Gasteiger partial charge in [-0.15, -0.1) is 0 Å². The molecule has 0 saturated carbocycles. The predicted octanol–water partition coefficient (Wildman–Crippen LogP) is 3.43. The third-order valence-electron chi connectivity index (χ3n) is 3.20. The van der Waals surface area contributed by atoms with E-state index in [0.29, 0.717) is 0 Å². The van der Waals surface area contributed by atoms with Crippen LogP contribution in [0.5, 0.6) is 5.75 Å². The summed E-state index contributed by atoms with van der Waals surface area (Å²) >= 11 is 0. The second-order valence-electron chi connectivity index (χ2n) is 4.79. The molecular formula is C15H14F4N2O3. The maximum atomic E-state index is 14.6. The van der Waals surface area contributed by atoms with E-state index in [0.717, 1.165) is 23.9 Å². The molecule has 2 rings (SSSR count). The van der Waals surface area contributed by atoms with Crippen molar-refractivity contribution in [1.29, 1.82) is 0 Å². The van der Waals surface area contributed by atoms with Crippen LogP contribution >= 0.6 is 0 Å². The molecule has 1 aromatic carbocycles. The number of hydrogen-bond acceptors (Lipinski definition) is 4. The number of carbonyl (C=O) groups is 1. The van der Waals surface area contributed by atoms with E-state index in [2.05, 4.69) is 4.98 Å². The second kappa shape index (κ2) is 6.50. The van der Waals surface area contributed by atoms with Crippen molar-refractivity contribution >= 4 is 5.97 Å². The van der Waals surface area contributed by atoms with Crippen molar-refractivity contribution in [3.8, 4) is 17.1 Å². The van der Waals surface area contributed by atoms with E-state index in [1.807, 2.05) is 0 Å². The SMILES string of the molecule is CCOC(=O)c1ccc(-c2nc(C(F)(F)F)cn2C)c(F)c1OC. The molecule has 0 fully saturated rings. The van der Waals surface area contributed by atoms with E-state index >= 15 is 0 Å². The number of imidazole rings is 1. The zero-order valence-corrected chi connectivity index (χ0v) is 13.1. The molecule has 1 aromatic heterocycles. The molecule has 0 bridgehead atoms. The van der Waals surface area contributed by atoms with Crippen LogP contribution in [0.2, 0.25) is 0 Å². The van der Waals surface area contributed by atoms with Crippen LogP contribution in [-0.2, 0) is 18.0 Å². The van der Waals surface area contributed by atoms with Crippen molar-refractivity contribution in [1.82, 2.24) is 9.55 Å². The average Bonchev–Trinajstić information content (AvgIpc) is 2.89. The monoisotopic (exact) mass is 346 g/mol. The van der Waals surface area contributed by atoms with Gasteiger partial charge in [0.05, 0.1) is 19.3 Å². The minimum Gasteiger partial charge on any atom is -0.493 e. The number of aryl methyl sites for hydroxylation is 1. The van der Waals surface area contributed by atoms with Gasteiger partial charge in [-0.05, 0) is 19.1 Å². The summed E-state index contributed by atoms with van der Waals surface area (Å²) < 4.78 is 63.6. The van der Waals surface area contributed by atoms with Gasteiger partial charge in [-0.25, -0.2) is 14.2 Å². The number of rotatable bonds is 4. The lowest BCUT2D eigenvalue weighted by Crippen LogP contribution is -2.09. The van der Waals surface area contributed by atoms with Gasteiger partial charge in [-0.1, -0.05) is 0 Å². The molecule has 0 aliphatic heterocycles. The number of alkyl halides is 3. The molecule has 24 heavy (non-hydrogen) atoms. The van der Waals surface area contributed by atoms with Gasteiger partial charge in [0.15, 0.2) is 17.3 Å². The predicted molar refractivity (Wildman–Crippen MR) is 76.1 cm³/mol. The maximum Gasteiger partial charge on any atom is 0.434 e. The van der Waals surface area contributed by atoms with Gasteiger partial charge in [0.25, 0.3) is 0 Å². The first-order chi connectivity index (χ1) is 11.2. The van der Waals surface area contributed by atoms with Gasteiger partial charge >= 0.3 is 12.1 Å². The highest BCUT2D eigenvalue weighted by Gasteiger charge is 2.35. The minimum atomic E-state index is -4.65. The highest BCUT2D eigenvalue weighted by atomic mass is 19.4. The molecule has 0 unspecified atom stereocenters. The van der Waals surface area contributed by atoms with Crippen LogP contribution in [0.3, 0.4) is 0 Å². The largest absolute Gasteiger partial charge is 0.493 e. The number of hydrogen-bond donors (Lipinski definition) is 0. The van der Waals surface area contributed by atoms with E-state index in [1.165, 1.54) is 13.1 Å². The summed E-state index contributed by atoms with van der Waals surface area (Å²) in [6, 6.07) is 2.38. The summed E-state index contributed by atoms with van der Waals surface area (Å²) in [6.45, 7) is 1.67. The summed E-state index contributed by atoms with van der Waals surface area (Å²) in [5, 5.41) is 0. The third kappa shape index (κ3) is 3.19. The van der Waals surface area contributed by atoms with Gasteiger partial charge in [0, 0.05) is 13.2 Å². The Labute approximate surface area is 134 Å². The van der Waals surface area contributed by atoms with Crippen molar-refractivity contribution < 1.29 is 31.8 Å². The highest BCUT2D eigenvalue weighted by molar-refractivity contribution is 5.93. The van der Waals surface area contributed by atoms with E-state index in [1.54, 1.807) is 6.92 Å². The van der Waals surface area contributed by atoms with Crippen LogP contribution in [0.4, 0.5) is 17.6 Å². The summed E-state index contributed by atoms with van der Waals surface area (Å²) in [6.07, 6.45) is -3.90. The number of methoxy groups -OCH3 is 1. The average molecular weight is 346 g/mol. The number of benzene rings is 1. The fraction of sp³-hybridized carbons (Fsp3) is 0.333. The Bertz CT molecular complexity index is 769. The summed E-state index contributed by atoms with van der Waals surface area (Å²) in [4.78, 5) is 15.2. The van der Waals surface area contributed by atoms with E-state index in [4.69, 9.17) is 9.47 Å². The first-order valence-corrected chi connectivity index (χ1v) is 6.85. The fourth-order valence-electron chi connectivity index (χ4n) is 2.15. The van der Waals surface area contributed by atoms with Crippen LogP contribution in [0.25, 0.3) is 11.4 Å².